The average molecular weight is 251 g/mol. The van der Waals surface area contributed by atoms with Gasteiger partial charge < -0.3 is 10.1 Å². The fourth-order valence-corrected chi connectivity index (χ4v) is 2.42. The van der Waals surface area contributed by atoms with Gasteiger partial charge in [-0.05, 0) is 49.4 Å². The molecule has 2 unspecified atom stereocenters. The van der Waals surface area contributed by atoms with Gasteiger partial charge in [-0.25, -0.2) is 4.39 Å². The molecule has 0 aromatic heterocycles. The van der Waals surface area contributed by atoms with Crippen LogP contribution in [0, 0.1) is 11.7 Å². The summed E-state index contributed by atoms with van der Waals surface area (Å²) in [4.78, 5) is 0. The molecule has 0 spiro atoms. The van der Waals surface area contributed by atoms with Gasteiger partial charge in [-0.2, -0.15) is 0 Å². The van der Waals surface area contributed by atoms with Gasteiger partial charge in [0.2, 0.25) is 0 Å². The summed E-state index contributed by atoms with van der Waals surface area (Å²) in [6.45, 7) is 3.10. The van der Waals surface area contributed by atoms with Crippen LogP contribution >= 0.6 is 0 Å². The first-order valence-electron chi connectivity index (χ1n) is 6.78. The zero-order chi connectivity index (χ0) is 13.0. The number of rotatable bonds is 7. The minimum atomic E-state index is -0.187. The van der Waals surface area contributed by atoms with Crippen LogP contribution in [0.3, 0.4) is 0 Å². The Morgan fingerprint density at radius 1 is 1.33 bits per heavy atom. The first-order chi connectivity index (χ1) is 8.76. The molecule has 1 aromatic carbocycles. The fraction of sp³-hybridized carbons (Fsp3) is 0.600. The highest BCUT2D eigenvalue weighted by molar-refractivity contribution is 5.22. The lowest BCUT2D eigenvalue weighted by Crippen LogP contribution is -2.35. The summed E-state index contributed by atoms with van der Waals surface area (Å²) in [7, 11) is 1.77. The summed E-state index contributed by atoms with van der Waals surface area (Å²) < 4.78 is 18.7. The van der Waals surface area contributed by atoms with E-state index in [0.717, 1.165) is 18.5 Å². The van der Waals surface area contributed by atoms with Crippen molar-refractivity contribution in [1.82, 2.24) is 5.32 Å². The molecule has 0 saturated heterocycles. The van der Waals surface area contributed by atoms with E-state index in [9.17, 15) is 4.39 Å². The number of benzene rings is 1. The maximum atomic E-state index is 13.0. The van der Waals surface area contributed by atoms with Crippen LogP contribution in [0.1, 0.15) is 37.8 Å². The first kappa shape index (κ1) is 13.5. The van der Waals surface area contributed by atoms with Crippen LogP contribution in [0.25, 0.3) is 0 Å². The van der Waals surface area contributed by atoms with Crippen LogP contribution < -0.4 is 5.32 Å². The molecule has 0 aliphatic heterocycles. The number of nitrogens with one attached hydrogen (secondary N) is 1. The predicted molar refractivity (Wildman–Crippen MR) is 71.0 cm³/mol. The molecule has 2 atom stereocenters. The standard InChI is InChI=1S/C15H22FNO/c1-3-10-17-14(15(18-2)12-4-5-12)11-6-8-13(16)9-7-11/h6-9,12,14-15,17H,3-5,10H2,1-2H3. The maximum absolute atomic E-state index is 13.0. The van der Waals surface area contributed by atoms with Gasteiger partial charge in [0.1, 0.15) is 5.82 Å². The Bertz CT molecular complexity index is 361. The van der Waals surface area contributed by atoms with Crippen LogP contribution in [-0.2, 0) is 4.74 Å². The molecular formula is C15H22FNO. The van der Waals surface area contributed by atoms with Crippen LogP contribution in [0.4, 0.5) is 4.39 Å². The summed E-state index contributed by atoms with van der Waals surface area (Å²) in [6, 6.07) is 6.93. The van der Waals surface area contributed by atoms with Gasteiger partial charge in [0.15, 0.2) is 0 Å². The van der Waals surface area contributed by atoms with Crippen LogP contribution in [0.5, 0.6) is 0 Å². The number of halogens is 1. The third kappa shape index (κ3) is 3.30. The second kappa shape index (κ2) is 6.30. The van der Waals surface area contributed by atoms with Gasteiger partial charge in [-0.15, -0.1) is 0 Å². The SMILES string of the molecule is CCCNC(c1ccc(F)cc1)C(OC)C1CC1. The van der Waals surface area contributed by atoms with E-state index in [-0.39, 0.29) is 18.0 Å². The highest BCUT2D eigenvalue weighted by Crippen LogP contribution is 2.39. The molecular weight excluding hydrogens is 229 g/mol. The van der Waals surface area contributed by atoms with Crippen molar-refractivity contribution >= 4 is 0 Å². The van der Waals surface area contributed by atoms with Crippen molar-refractivity contribution in [3.8, 4) is 0 Å². The second-order valence-electron chi connectivity index (χ2n) is 5.02. The van der Waals surface area contributed by atoms with E-state index in [0.29, 0.717) is 5.92 Å². The molecule has 0 amide bonds. The van der Waals surface area contributed by atoms with Crippen molar-refractivity contribution in [2.24, 2.45) is 5.92 Å². The molecule has 1 aromatic rings. The summed E-state index contributed by atoms with van der Waals surface area (Å²) in [6.07, 6.45) is 3.76. The van der Waals surface area contributed by atoms with Gasteiger partial charge in [0, 0.05) is 7.11 Å². The Morgan fingerprint density at radius 3 is 2.50 bits per heavy atom. The Balaban J connectivity index is 2.14. The molecule has 1 fully saturated rings. The zero-order valence-electron chi connectivity index (χ0n) is 11.2. The van der Waals surface area contributed by atoms with E-state index >= 15 is 0 Å². The normalized spacial score (nSPS) is 18.6. The fourth-order valence-electron chi connectivity index (χ4n) is 2.42. The second-order valence-corrected chi connectivity index (χ2v) is 5.02. The lowest BCUT2D eigenvalue weighted by atomic mass is 9.97. The van der Waals surface area contributed by atoms with E-state index in [4.69, 9.17) is 4.74 Å². The molecule has 18 heavy (non-hydrogen) atoms. The molecule has 0 radical (unpaired) electrons. The Hall–Kier alpha value is -0.930. The van der Waals surface area contributed by atoms with Crippen molar-refractivity contribution in [3.05, 3.63) is 35.6 Å². The smallest absolute Gasteiger partial charge is 0.123 e. The van der Waals surface area contributed by atoms with Crippen molar-refractivity contribution in [2.75, 3.05) is 13.7 Å². The van der Waals surface area contributed by atoms with Gasteiger partial charge in [-0.1, -0.05) is 19.1 Å². The summed E-state index contributed by atoms with van der Waals surface area (Å²) in [5.41, 5.74) is 1.11. The molecule has 1 aliphatic carbocycles. The first-order valence-corrected chi connectivity index (χ1v) is 6.78. The monoisotopic (exact) mass is 251 g/mol. The minimum absolute atomic E-state index is 0.169. The average Bonchev–Trinajstić information content (AvgIpc) is 3.20. The molecule has 100 valence electrons. The van der Waals surface area contributed by atoms with E-state index in [2.05, 4.69) is 12.2 Å². The highest BCUT2D eigenvalue weighted by Gasteiger charge is 2.37. The van der Waals surface area contributed by atoms with Crippen molar-refractivity contribution in [3.63, 3.8) is 0 Å². The Kier molecular flexibility index (Phi) is 4.72. The van der Waals surface area contributed by atoms with E-state index in [1.165, 1.54) is 25.0 Å². The van der Waals surface area contributed by atoms with Gasteiger partial charge in [0.05, 0.1) is 12.1 Å². The quantitative estimate of drug-likeness (QED) is 0.803. The van der Waals surface area contributed by atoms with Crippen molar-refractivity contribution < 1.29 is 9.13 Å². The molecule has 3 heteroatoms. The Labute approximate surface area is 109 Å². The van der Waals surface area contributed by atoms with Crippen LogP contribution in [-0.4, -0.2) is 19.8 Å². The Morgan fingerprint density at radius 2 is 2.00 bits per heavy atom. The molecule has 0 heterocycles. The third-order valence-corrected chi connectivity index (χ3v) is 3.53. The summed E-state index contributed by atoms with van der Waals surface area (Å²) in [5.74, 6) is 0.461. The topological polar surface area (TPSA) is 21.3 Å². The third-order valence-electron chi connectivity index (χ3n) is 3.53. The van der Waals surface area contributed by atoms with Gasteiger partial charge in [0.25, 0.3) is 0 Å². The van der Waals surface area contributed by atoms with Crippen LogP contribution in [0.2, 0.25) is 0 Å². The van der Waals surface area contributed by atoms with E-state index in [1.54, 1.807) is 7.11 Å². The largest absolute Gasteiger partial charge is 0.379 e. The van der Waals surface area contributed by atoms with Crippen molar-refractivity contribution in [1.29, 1.82) is 0 Å². The molecule has 0 bridgehead atoms. The number of hydrogen-bond acceptors (Lipinski definition) is 2. The summed E-state index contributed by atoms with van der Waals surface area (Å²) in [5, 5.41) is 3.53. The molecule has 2 rings (SSSR count). The minimum Gasteiger partial charge on any atom is -0.379 e. The highest BCUT2D eigenvalue weighted by atomic mass is 19.1. The van der Waals surface area contributed by atoms with Crippen LogP contribution in [0.15, 0.2) is 24.3 Å². The number of methoxy groups -OCH3 is 1. The number of ether oxygens (including phenoxy) is 1. The predicted octanol–water partition coefficient (Wildman–Crippen LogP) is 3.29. The zero-order valence-corrected chi connectivity index (χ0v) is 11.2. The van der Waals surface area contributed by atoms with Crippen molar-refractivity contribution in [2.45, 2.75) is 38.3 Å². The lowest BCUT2D eigenvalue weighted by molar-refractivity contribution is 0.0506. The maximum Gasteiger partial charge on any atom is 0.123 e. The van der Waals surface area contributed by atoms with E-state index < -0.39 is 0 Å². The molecule has 2 nitrogen and oxygen atoms in total. The van der Waals surface area contributed by atoms with Gasteiger partial charge >= 0.3 is 0 Å². The molecule has 1 N–H and O–H groups in total. The molecule has 1 saturated carbocycles. The lowest BCUT2D eigenvalue weighted by Gasteiger charge is -2.27. The summed E-state index contributed by atoms with van der Waals surface area (Å²) >= 11 is 0. The number of hydrogen-bond donors (Lipinski definition) is 1. The molecule has 1 aliphatic rings. The van der Waals surface area contributed by atoms with Gasteiger partial charge in [-0.3, -0.25) is 0 Å². The van der Waals surface area contributed by atoms with E-state index in [1.807, 2.05) is 12.1 Å².